The third-order valence-electron chi connectivity index (χ3n) is 17.7. The SMILES string of the molecule is C[C@@H](O)[C@@H]1NC(=O)[C@H](Cc2ccc(O)cc2)NC(=O)[C@H]([C@@H](C)O)NC(=O)[C@H](CCCCN)NC(=O)[C@H](Cc2c[nH]c3ccccc23)NC(=O)[C@H](Cc2ccccc2)NC(=O)[C@H](Cc2ccccc2)NC(=O)[C@H](CC(N)=O)NC(=O)[C@H](CCCCN)NC(=O)CCCCC[C@@H](C(=O)O)NC(=O)[C@H](CO)NC1=O. The highest BCUT2D eigenvalue weighted by molar-refractivity contribution is 6.00. The Morgan fingerprint density at radius 1 is 0.453 bits per heavy atom. The van der Waals surface area contributed by atoms with E-state index in [0.717, 1.165) is 13.8 Å². The topological polar surface area (TPSA) is 549 Å². The van der Waals surface area contributed by atoms with Gasteiger partial charge in [0.05, 0.1) is 25.2 Å². The summed E-state index contributed by atoms with van der Waals surface area (Å²) in [7, 11) is 0. The minimum absolute atomic E-state index is 0.00519. The van der Waals surface area contributed by atoms with E-state index in [2.05, 4.69) is 63.5 Å². The molecule has 574 valence electrons. The molecule has 0 bridgehead atoms. The van der Waals surface area contributed by atoms with Gasteiger partial charge in [-0.15, -0.1) is 0 Å². The van der Waals surface area contributed by atoms with Gasteiger partial charge in [-0.05, 0) is 119 Å². The molecular formula is C73H99N15O18. The number of nitrogens with one attached hydrogen (secondary N) is 12. The summed E-state index contributed by atoms with van der Waals surface area (Å²) in [4.78, 5) is 188. The van der Waals surface area contributed by atoms with Crippen molar-refractivity contribution < 1.29 is 87.9 Å². The summed E-state index contributed by atoms with van der Waals surface area (Å²) in [5.74, 6) is -14.1. The number of hydrogen-bond acceptors (Lipinski definition) is 19. The molecule has 1 aromatic heterocycles. The molecule has 0 spiro atoms. The second kappa shape index (κ2) is 42.8. The van der Waals surface area contributed by atoms with Crippen molar-refractivity contribution in [3.8, 4) is 5.75 Å². The highest BCUT2D eigenvalue weighted by Gasteiger charge is 2.39. The summed E-state index contributed by atoms with van der Waals surface area (Å²) in [5, 5.41) is 81.2. The zero-order valence-electron chi connectivity index (χ0n) is 59.2. The molecule has 1 aliphatic rings. The van der Waals surface area contributed by atoms with Crippen LogP contribution in [0.15, 0.2) is 115 Å². The van der Waals surface area contributed by atoms with E-state index < -0.39 is 175 Å². The molecule has 4 aromatic carbocycles. The number of fused-ring (bicyclic) bond motifs is 1. The molecule has 0 aliphatic carbocycles. The van der Waals surface area contributed by atoms with E-state index in [1.165, 1.54) is 24.3 Å². The minimum atomic E-state index is -1.96. The third-order valence-corrected chi connectivity index (χ3v) is 17.7. The molecule has 13 atom stereocenters. The fourth-order valence-electron chi connectivity index (χ4n) is 11.9. The first-order valence-electron chi connectivity index (χ1n) is 35.3. The van der Waals surface area contributed by atoms with E-state index in [-0.39, 0.29) is 89.5 Å². The standard InChI is InChI=1S/C73H99N15O18/c1-41(90)61-71(103)85-55(36-45-28-30-47(92)31-29-45)69(101)88-62(42(2)91)72(104)86-58(40-89)70(102)80-52(73(105)106)26-10-5-11-27-60(94)78-50(24-14-16-32-74)63(95)84-57(38-59(76)93)68(100)82-53(34-43-18-6-3-7-19-43)65(97)81-54(35-44-20-8-4-9-21-44)66(98)83-56(37-46-39-77-49-23-13-12-22-48(46)49)67(99)79-51(64(96)87-61)25-15-17-33-75/h3-4,6-9,12-13,18-23,28-31,39,41-42,50-58,61-62,77,89-92H,5,10-11,14-17,24-27,32-38,40,74-75H2,1-2H3,(H2,76,93)(H,78,94)(H,79,99)(H,80,102)(H,81,97)(H,82,100)(H,83,98)(H,84,95)(H,85,103)(H,86,104)(H,87,96)(H,88,101)(H,105,106)/t41-,42-,50+,51+,52+,53+,54+,55+,56+,57+,58+,61+,62+/m1/s1. The summed E-state index contributed by atoms with van der Waals surface area (Å²) < 4.78 is 0. The van der Waals surface area contributed by atoms with Crippen LogP contribution in [0.4, 0.5) is 0 Å². The van der Waals surface area contributed by atoms with E-state index in [1.54, 1.807) is 91.1 Å². The minimum Gasteiger partial charge on any atom is -0.508 e. The Bertz CT molecular complexity index is 3790. The number of phenolic OH excluding ortho intramolecular Hbond substituents is 1. The van der Waals surface area contributed by atoms with Crippen molar-refractivity contribution >= 4 is 87.8 Å². The fraction of sp³-hybridized carbons (Fsp3) is 0.466. The van der Waals surface area contributed by atoms with Crippen molar-refractivity contribution in [3.05, 3.63) is 138 Å². The molecule has 106 heavy (non-hydrogen) atoms. The Kier molecular flexibility index (Phi) is 33.9. The lowest BCUT2D eigenvalue weighted by Crippen LogP contribution is -2.63. The normalized spacial score (nSPS) is 23.9. The van der Waals surface area contributed by atoms with Crippen LogP contribution in [0, 0.1) is 0 Å². The molecule has 33 heteroatoms. The van der Waals surface area contributed by atoms with Crippen LogP contribution in [-0.4, -0.2) is 206 Å². The van der Waals surface area contributed by atoms with Crippen LogP contribution in [0.1, 0.15) is 113 Å². The number of rotatable bonds is 22. The van der Waals surface area contributed by atoms with Gasteiger partial charge in [-0.25, -0.2) is 4.79 Å². The zero-order valence-corrected chi connectivity index (χ0v) is 59.2. The second-order valence-corrected chi connectivity index (χ2v) is 26.2. The van der Waals surface area contributed by atoms with Crippen molar-refractivity contribution in [1.29, 1.82) is 0 Å². The van der Waals surface area contributed by atoms with Crippen molar-refractivity contribution in [2.24, 2.45) is 17.2 Å². The molecule has 0 radical (unpaired) electrons. The summed E-state index contributed by atoms with van der Waals surface area (Å²) in [6.45, 7) is 1.45. The van der Waals surface area contributed by atoms with Crippen LogP contribution in [0.2, 0.25) is 0 Å². The van der Waals surface area contributed by atoms with Crippen LogP contribution >= 0.6 is 0 Å². The van der Waals surface area contributed by atoms with Crippen molar-refractivity contribution in [1.82, 2.24) is 63.5 Å². The number of carbonyl (C=O) groups is 13. The number of aliphatic hydroxyl groups excluding tert-OH is 3. The second-order valence-electron chi connectivity index (χ2n) is 26.2. The van der Waals surface area contributed by atoms with Crippen molar-refractivity contribution in [2.45, 2.75) is 195 Å². The van der Waals surface area contributed by atoms with Crippen LogP contribution in [-0.2, 0) is 88.0 Å². The number of aliphatic carboxylic acids is 1. The highest BCUT2D eigenvalue weighted by atomic mass is 16.4. The van der Waals surface area contributed by atoms with E-state index >= 15 is 14.4 Å². The van der Waals surface area contributed by atoms with Gasteiger partial charge in [0.15, 0.2) is 0 Å². The Labute approximate surface area is 612 Å². The predicted molar refractivity (Wildman–Crippen MR) is 386 cm³/mol. The molecule has 6 rings (SSSR count). The number of aliphatic hydroxyl groups is 3. The lowest BCUT2D eigenvalue weighted by Gasteiger charge is -2.29. The summed E-state index contributed by atoms with van der Waals surface area (Å²) in [6, 6.07) is 10.7. The largest absolute Gasteiger partial charge is 0.508 e. The monoisotopic (exact) mass is 1470 g/mol. The average molecular weight is 1470 g/mol. The Hall–Kier alpha value is -10.9. The van der Waals surface area contributed by atoms with Crippen molar-refractivity contribution in [2.75, 3.05) is 19.7 Å². The van der Waals surface area contributed by atoms with E-state index in [0.29, 0.717) is 52.4 Å². The van der Waals surface area contributed by atoms with E-state index in [4.69, 9.17) is 17.2 Å². The van der Waals surface area contributed by atoms with Gasteiger partial charge in [0.25, 0.3) is 0 Å². The number of aromatic nitrogens is 1. The predicted octanol–water partition coefficient (Wildman–Crippen LogP) is -2.59. The Morgan fingerprint density at radius 2 is 0.858 bits per heavy atom. The number of carboxylic acid groups (broad SMARTS) is 1. The molecule has 1 fully saturated rings. The van der Waals surface area contributed by atoms with Crippen LogP contribution in [0.3, 0.4) is 0 Å². The summed E-state index contributed by atoms with van der Waals surface area (Å²) in [6.07, 6.45) is -2.84. The van der Waals surface area contributed by atoms with E-state index in [1.807, 2.05) is 0 Å². The molecule has 5 aromatic rings. The van der Waals surface area contributed by atoms with Gasteiger partial charge in [0, 0.05) is 49.2 Å². The number of carbonyl (C=O) groups excluding carboxylic acids is 12. The Morgan fingerprint density at radius 3 is 1.35 bits per heavy atom. The highest BCUT2D eigenvalue weighted by Crippen LogP contribution is 2.21. The number of benzene rings is 4. The lowest BCUT2D eigenvalue weighted by atomic mass is 10.00. The molecule has 0 unspecified atom stereocenters. The number of phenols is 1. The van der Waals surface area contributed by atoms with Gasteiger partial charge in [-0.2, -0.15) is 0 Å². The number of aromatic hydroxyl groups is 1. The summed E-state index contributed by atoms with van der Waals surface area (Å²) in [5.41, 5.74) is 19.8. The molecule has 12 amide bonds. The number of amides is 12. The molecule has 1 aliphatic heterocycles. The van der Waals surface area contributed by atoms with Gasteiger partial charge < -0.3 is 106 Å². The smallest absolute Gasteiger partial charge is 0.326 e. The quantitative estimate of drug-likeness (QED) is 0.0316. The average Bonchev–Trinajstić information content (AvgIpc) is 1.30. The van der Waals surface area contributed by atoms with Crippen molar-refractivity contribution in [3.63, 3.8) is 0 Å². The van der Waals surface area contributed by atoms with Crippen LogP contribution < -0.4 is 75.7 Å². The van der Waals surface area contributed by atoms with E-state index in [9.17, 15) is 73.5 Å². The van der Waals surface area contributed by atoms with Crippen LogP contribution in [0.5, 0.6) is 5.75 Å². The zero-order chi connectivity index (χ0) is 77.4. The fourth-order valence-corrected chi connectivity index (χ4v) is 11.9. The van der Waals surface area contributed by atoms with Gasteiger partial charge in [0.2, 0.25) is 70.9 Å². The van der Waals surface area contributed by atoms with Gasteiger partial charge >= 0.3 is 5.97 Å². The van der Waals surface area contributed by atoms with Gasteiger partial charge in [0.1, 0.15) is 72.2 Å². The number of primary amides is 1. The molecule has 23 N–H and O–H groups in total. The van der Waals surface area contributed by atoms with Crippen LogP contribution in [0.25, 0.3) is 10.9 Å². The number of aromatic amines is 1. The number of unbranched alkanes of at least 4 members (excludes halogenated alkanes) is 2. The molecule has 2 heterocycles. The molecule has 0 saturated carbocycles. The number of carboxylic acids is 1. The number of H-pyrrole nitrogens is 1. The lowest BCUT2D eigenvalue weighted by molar-refractivity contribution is -0.143. The number of nitrogens with two attached hydrogens (primary N) is 3. The number of para-hydroxylation sites is 1. The molecule has 1 saturated heterocycles. The summed E-state index contributed by atoms with van der Waals surface area (Å²) >= 11 is 0. The number of hydrogen-bond donors (Lipinski definition) is 20. The first-order valence-corrected chi connectivity index (χ1v) is 35.3. The molecule has 33 nitrogen and oxygen atoms in total. The maximum atomic E-state index is 15.3. The first kappa shape index (κ1) is 84.1. The van der Waals surface area contributed by atoms with Gasteiger partial charge in [-0.1, -0.05) is 104 Å². The maximum absolute atomic E-state index is 15.3. The maximum Gasteiger partial charge on any atom is 0.326 e. The first-order chi connectivity index (χ1) is 50.7. The Balaban J connectivity index is 1.43. The third kappa shape index (κ3) is 27.0. The molecular weight excluding hydrogens is 1370 g/mol. The van der Waals surface area contributed by atoms with Gasteiger partial charge in [-0.3, -0.25) is 57.5 Å².